The third kappa shape index (κ3) is 4.31. The Morgan fingerprint density at radius 1 is 1.15 bits per heavy atom. The van der Waals surface area contributed by atoms with Gasteiger partial charge < -0.3 is 10.1 Å². The van der Waals surface area contributed by atoms with Crippen LogP contribution in [0.2, 0.25) is 0 Å². The molecule has 0 saturated heterocycles. The van der Waals surface area contributed by atoms with Crippen LogP contribution in [0.5, 0.6) is 0 Å². The van der Waals surface area contributed by atoms with Gasteiger partial charge in [-0.3, -0.25) is 14.5 Å². The molecule has 6 nitrogen and oxygen atoms in total. The number of nitrogens with one attached hydrogen (secondary N) is 1. The van der Waals surface area contributed by atoms with E-state index in [1.165, 1.54) is 4.90 Å². The van der Waals surface area contributed by atoms with Gasteiger partial charge in [0, 0.05) is 12.6 Å². The minimum atomic E-state index is -0.558. The monoisotopic (exact) mass is 372 g/mol. The van der Waals surface area contributed by atoms with Crippen LogP contribution < -0.4 is 5.32 Å². The van der Waals surface area contributed by atoms with Gasteiger partial charge in [-0.1, -0.05) is 25.0 Å². The van der Waals surface area contributed by atoms with Gasteiger partial charge in [-0.05, 0) is 58.1 Å². The van der Waals surface area contributed by atoms with Crippen LogP contribution in [0.1, 0.15) is 73.6 Å². The largest absolute Gasteiger partial charge is 0.444 e. The summed E-state index contributed by atoms with van der Waals surface area (Å²) in [4.78, 5) is 39.1. The lowest BCUT2D eigenvalue weighted by molar-refractivity contribution is 0.0491. The van der Waals surface area contributed by atoms with Crippen molar-refractivity contribution in [2.75, 3.05) is 6.54 Å². The third-order valence-corrected chi connectivity index (χ3v) is 5.21. The van der Waals surface area contributed by atoms with Crippen molar-refractivity contribution in [1.82, 2.24) is 10.2 Å². The number of imide groups is 1. The van der Waals surface area contributed by atoms with Gasteiger partial charge in [0.05, 0.1) is 11.1 Å². The summed E-state index contributed by atoms with van der Waals surface area (Å²) in [5.41, 5.74) is 0.397. The smallest absolute Gasteiger partial charge is 0.407 e. The molecule has 0 bridgehead atoms. The average molecular weight is 372 g/mol. The number of rotatable bonds is 5. The highest BCUT2D eigenvalue weighted by molar-refractivity contribution is 6.21. The molecule has 1 aliphatic carbocycles. The number of hydrogen-bond donors (Lipinski definition) is 1. The summed E-state index contributed by atoms with van der Waals surface area (Å²) in [6.45, 7) is 5.80. The van der Waals surface area contributed by atoms with Crippen LogP contribution in [0.15, 0.2) is 24.3 Å². The second-order valence-electron chi connectivity index (χ2n) is 8.36. The molecule has 1 aliphatic heterocycles. The Morgan fingerprint density at radius 3 is 2.22 bits per heavy atom. The van der Waals surface area contributed by atoms with Crippen LogP contribution >= 0.6 is 0 Å². The lowest BCUT2D eigenvalue weighted by Gasteiger charge is -2.31. The second-order valence-corrected chi connectivity index (χ2v) is 8.36. The van der Waals surface area contributed by atoms with Crippen LogP contribution in [0.25, 0.3) is 0 Å². The fraction of sp³-hybridized carbons (Fsp3) is 0.571. The van der Waals surface area contributed by atoms with Gasteiger partial charge in [0.15, 0.2) is 0 Å². The van der Waals surface area contributed by atoms with Crippen molar-refractivity contribution >= 4 is 17.9 Å². The zero-order valence-corrected chi connectivity index (χ0v) is 16.3. The number of alkyl carbamates (subject to hydrolysis) is 1. The van der Waals surface area contributed by atoms with E-state index in [2.05, 4.69) is 5.32 Å². The van der Waals surface area contributed by atoms with Crippen molar-refractivity contribution in [3.63, 3.8) is 0 Å². The molecule has 0 spiro atoms. The Kier molecular flexibility index (Phi) is 5.53. The maximum Gasteiger partial charge on any atom is 0.407 e. The van der Waals surface area contributed by atoms with Crippen molar-refractivity contribution in [3.05, 3.63) is 35.4 Å². The molecule has 1 aromatic carbocycles. The zero-order valence-electron chi connectivity index (χ0n) is 16.3. The normalized spacial score (nSPS) is 18.6. The molecule has 1 saturated carbocycles. The molecule has 0 radical (unpaired) electrons. The predicted molar refractivity (Wildman–Crippen MR) is 102 cm³/mol. The van der Waals surface area contributed by atoms with Gasteiger partial charge in [0.1, 0.15) is 5.60 Å². The molecule has 1 aromatic rings. The summed E-state index contributed by atoms with van der Waals surface area (Å²) in [6, 6.07) is 6.78. The van der Waals surface area contributed by atoms with Gasteiger partial charge in [-0.2, -0.15) is 0 Å². The Labute approximate surface area is 160 Å². The molecular formula is C21H28N2O4. The lowest BCUT2D eigenvalue weighted by Crippen LogP contribution is -2.46. The first-order valence-electron chi connectivity index (χ1n) is 9.72. The minimum Gasteiger partial charge on any atom is -0.444 e. The van der Waals surface area contributed by atoms with Gasteiger partial charge in [-0.15, -0.1) is 0 Å². The van der Waals surface area contributed by atoms with Crippen LogP contribution in [0.4, 0.5) is 4.79 Å². The molecule has 0 aromatic heterocycles. The molecule has 1 atom stereocenters. The van der Waals surface area contributed by atoms with E-state index in [-0.39, 0.29) is 23.8 Å². The second kappa shape index (κ2) is 7.71. The number of carbonyl (C=O) groups is 3. The quantitative estimate of drug-likeness (QED) is 0.799. The molecule has 1 fully saturated rings. The Morgan fingerprint density at radius 2 is 1.70 bits per heavy atom. The summed E-state index contributed by atoms with van der Waals surface area (Å²) >= 11 is 0. The summed E-state index contributed by atoms with van der Waals surface area (Å²) < 4.78 is 5.27. The Bertz CT molecular complexity index is 697. The number of carbonyl (C=O) groups excluding carboxylic acids is 3. The number of hydrogen-bond acceptors (Lipinski definition) is 4. The van der Waals surface area contributed by atoms with E-state index in [1.54, 1.807) is 24.3 Å². The van der Waals surface area contributed by atoms with Crippen molar-refractivity contribution in [2.24, 2.45) is 5.92 Å². The van der Waals surface area contributed by atoms with E-state index in [1.807, 2.05) is 20.8 Å². The third-order valence-electron chi connectivity index (χ3n) is 5.21. The van der Waals surface area contributed by atoms with Gasteiger partial charge in [-0.25, -0.2) is 4.79 Å². The van der Waals surface area contributed by atoms with E-state index < -0.39 is 11.7 Å². The maximum atomic E-state index is 12.9. The van der Waals surface area contributed by atoms with Crippen LogP contribution in [-0.2, 0) is 4.74 Å². The van der Waals surface area contributed by atoms with Crippen molar-refractivity contribution in [1.29, 1.82) is 0 Å². The zero-order chi connectivity index (χ0) is 19.6. The number of amides is 3. The fourth-order valence-electron chi connectivity index (χ4n) is 4.06. The van der Waals surface area contributed by atoms with E-state index in [0.717, 1.165) is 25.7 Å². The van der Waals surface area contributed by atoms with E-state index in [9.17, 15) is 14.4 Å². The number of nitrogens with zero attached hydrogens (tertiary/aromatic N) is 1. The van der Waals surface area contributed by atoms with Gasteiger partial charge in [0.25, 0.3) is 11.8 Å². The number of benzene rings is 1. The van der Waals surface area contributed by atoms with Crippen LogP contribution in [0.3, 0.4) is 0 Å². The van der Waals surface area contributed by atoms with E-state index >= 15 is 0 Å². The summed E-state index contributed by atoms with van der Waals surface area (Å²) in [6.07, 6.45) is 4.30. The summed E-state index contributed by atoms with van der Waals surface area (Å²) in [5, 5.41) is 2.76. The predicted octanol–water partition coefficient (Wildman–Crippen LogP) is 3.76. The van der Waals surface area contributed by atoms with E-state index in [4.69, 9.17) is 4.74 Å². The fourth-order valence-corrected chi connectivity index (χ4v) is 4.06. The van der Waals surface area contributed by atoms with Crippen LogP contribution in [-0.4, -0.2) is 41.0 Å². The number of ether oxygens (including phenoxy) is 1. The van der Waals surface area contributed by atoms with Crippen molar-refractivity contribution in [3.8, 4) is 0 Å². The number of fused-ring (bicyclic) bond motifs is 1. The SMILES string of the molecule is CC(C)(C)OC(=O)NCCC(C1CCCC1)N1C(=O)c2ccccc2C1=O. The van der Waals surface area contributed by atoms with Crippen molar-refractivity contribution in [2.45, 2.75) is 64.5 Å². The summed E-state index contributed by atoms with van der Waals surface area (Å²) in [7, 11) is 0. The van der Waals surface area contributed by atoms with Crippen molar-refractivity contribution < 1.29 is 19.1 Å². The van der Waals surface area contributed by atoms with Gasteiger partial charge in [0.2, 0.25) is 0 Å². The molecule has 6 heteroatoms. The molecule has 1 heterocycles. The molecule has 1 N–H and O–H groups in total. The minimum absolute atomic E-state index is 0.199. The topological polar surface area (TPSA) is 75.7 Å². The summed E-state index contributed by atoms with van der Waals surface area (Å²) in [5.74, 6) is -0.151. The maximum absolute atomic E-state index is 12.9. The first-order valence-corrected chi connectivity index (χ1v) is 9.72. The first-order chi connectivity index (χ1) is 12.8. The Balaban J connectivity index is 1.71. The molecule has 2 aliphatic rings. The van der Waals surface area contributed by atoms with Gasteiger partial charge >= 0.3 is 6.09 Å². The molecule has 146 valence electrons. The average Bonchev–Trinajstić information content (AvgIpc) is 3.20. The molecule has 27 heavy (non-hydrogen) atoms. The van der Waals surface area contributed by atoms with E-state index in [0.29, 0.717) is 24.1 Å². The highest BCUT2D eigenvalue weighted by Gasteiger charge is 2.42. The molecule has 3 rings (SSSR count). The Hall–Kier alpha value is -2.37. The standard InChI is InChI=1S/C21H28N2O4/c1-21(2,3)27-20(26)22-13-12-17(14-8-4-5-9-14)23-18(24)15-10-6-7-11-16(15)19(23)25/h6-7,10-11,14,17H,4-5,8-9,12-13H2,1-3H3,(H,22,26). The lowest BCUT2D eigenvalue weighted by atomic mass is 9.93. The molecular weight excluding hydrogens is 344 g/mol. The van der Waals surface area contributed by atoms with Crippen LogP contribution in [0, 0.1) is 5.92 Å². The highest BCUT2D eigenvalue weighted by Crippen LogP contribution is 2.35. The first kappa shape index (κ1) is 19.4. The highest BCUT2D eigenvalue weighted by atomic mass is 16.6. The molecule has 3 amide bonds. The molecule has 1 unspecified atom stereocenters.